The van der Waals surface area contributed by atoms with E-state index >= 15 is 0 Å². The summed E-state index contributed by atoms with van der Waals surface area (Å²) in [5.74, 6) is 0.998. The predicted molar refractivity (Wildman–Crippen MR) is 46.9 cm³/mol. The van der Waals surface area contributed by atoms with E-state index in [1.54, 1.807) is 0 Å². The fourth-order valence-corrected chi connectivity index (χ4v) is 3.55. The molecule has 4 rings (SSSR count). The monoisotopic (exact) mass is 167 g/mol. The Hall–Kier alpha value is -0.0800. The average molecular weight is 167 g/mol. The van der Waals surface area contributed by atoms with Crippen molar-refractivity contribution >= 4 is 0 Å². The highest BCUT2D eigenvalue weighted by Crippen LogP contribution is 2.42. The SMILES string of the molecule is OC1CC2CC3CCN2C(C1)C3. The zero-order valence-corrected chi connectivity index (χ0v) is 7.45. The minimum absolute atomic E-state index is 0.00954. The summed E-state index contributed by atoms with van der Waals surface area (Å²) in [4.78, 5) is 2.66. The van der Waals surface area contributed by atoms with Crippen LogP contribution in [0.3, 0.4) is 0 Å². The highest BCUT2D eigenvalue weighted by molar-refractivity contribution is 4.98. The first-order valence-electron chi connectivity index (χ1n) is 5.27. The Morgan fingerprint density at radius 3 is 2.25 bits per heavy atom. The van der Waals surface area contributed by atoms with Gasteiger partial charge in [0.2, 0.25) is 0 Å². The number of hydrogen-bond acceptors (Lipinski definition) is 2. The summed E-state index contributed by atoms with van der Waals surface area (Å²) in [6, 6.07) is 1.48. The van der Waals surface area contributed by atoms with Gasteiger partial charge in [0.25, 0.3) is 0 Å². The van der Waals surface area contributed by atoms with Gasteiger partial charge in [-0.1, -0.05) is 0 Å². The van der Waals surface area contributed by atoms with Crippen LogP contribution in [-0.2, 0) is 0 Å². The number of nitrogens with zero attached hydrogens (tertiary/aromatic N) is 1. The molecule has 4 fully saturated rings. The number of hydrogen-bond donors (Lipinski definition) is 1. The van der Waals surface area contributed by atoms with E-state index in [-0.39, 0.29) is 6.10 Å². The summed E-state index contributed by atoms with van der Waals surface area (Å²) < 4.78 is 0. The van der Waals surface area contributed by atoms with Crippen LogP contribution in [0.5, 0.6) is 0 Å². The Balaban J connectivity index is 1.85. The third-order valence-corrected chi connectivity index (χ3v) is 4.03. The highest BCUT2D eigenvalue weighted by atomic mass is 16.3. The van der Waals surface area contributed by atoms with Crippen molar-refractivity contribution in [3.8, 4) is 0 Å². The van der Waals surface area contributed by atoms with Crippen molar-refractivity contribution in [3.63, 3.8) is 0 Å². The largest absolute Gasteiger partial charge is 0.393 e. The standard InChI is InChI=1S/C10H17NO/c12-10-5-8-3-7-1-2-11(8)9(4-7)6-10/h7-10,12H,1-6H2. The lowest BCUT2D eigenvalue weighted by Gasteiger charge is -2.54. The Kier molecular flexibility index (Phi) is 1.50. The van der Waals surface area contributed by atoms with E-state index in [0.717, 1.165) is 30.8 Å². The number of fused-ring (bicyclic) bond motifs is 1. The maximum absolute atomic E-state index is 9.62. The second-order valence-electron chi connectivity index (χ2n) is 4.80. The van der Waals surface area contributed by atoms with Gasteiger partial charge < -0.3 is 5.11 Å². The van der Waals surface area contributed by atoms with Crippen molar-refractivity contribution in [2.45, 2.75) is 50.3 Å². The number of aliphatic hydroxyl groups is 1. The van der Waals surface area contributed by atoms with Crippen LogP contribution in [0.15, 0.2) is 0 Å². The predicted octanol–water partition coefficient (Wildman–Crippen LogP) is 0.994. The van der Waals surface area contributed by atoms with Gasteiger partial charge in [-0.05, 0) is 44.6 Å². The number of aliphatic hydroxyl groups excluding tert-OH is 1. The third-order valence-electron chi connectivity index (χ3n) is 4.03. The van der Waals surface area contributed by atoms with E-state index in [1.807, 2.05) is 0 Å². The van der Waals surface area contributed by atoms with E-state index in [2.05, 4.69) is 4.90 Å². The molecule has 4 aliphatic rings. The van der Waals surface area contributed by atoms with Crippen LogP contribution in [-0.4, -0.2) is 34.7 Å². The van der Waals surface area contributed by atoms with Crippen LogP contribution in [0.4, 0.5) is 0 Å². The summed E-state index contributed by atoms with van der Waals surface area (Å²) in [6.07, 6.45) is 6.26. The molecule has 0 aromatic heterocycles. The summed E-state index contributed by atoms with van der Waals surface area (Å²) in [5.41, 5.74) is 0. The molecule has 0 spiro atoms. The lowest BCUT2D eigenvalue weighted by molar-refractivity contribution is -0.0762. The van der Waals surface area contributed by atoms with Crippen molar-refractivity contribution < 1.29 is 5.11 Å². The van der Waals surface area contributed by atoms with Crippen molar-refractivity contribution in [1.82, 2.24) is 4.90 Å². The quantitative estimate of drug-likeness (QED) is 0.581. The highest BCUT2D eigenvalue weighted by Gasteiger charge is 2.44. The molecule has 4 bridgehead atoms. The van der Waals surface area contributed by atoms with Gasteiger partial charge in [0.05, 0.1) is 6.10 Å². The molecule has 0 aromatic carbocycles. The van der Waals surface area contributed by atoms with Crippen LogP contribution < -0.4 is 0 Å². The molecule has 2 atom stereocenters. The third kappa shape index (κ3) is 0.944. The fraction of sp³-hybridized carbons (Fsp3) is 1.00. The van der Waals surface area contributed by atoms with Gasteiger partial charge in [-0.3, -0.25) is 4.90 Å². The molecule has 0 aliphatic carbocycles. The van der Waals surface area contributed by atoms with E-state index in [9.17, 15) is 5.11 Å². The second-order valence-corrected chi connectivity index (χ2v) is 4.80. The maximum Gasteiger partial charge on any atom is 0.0570 e. The molecule has 4 heterocycles. The van der Waals surface area contributed by atoms with Gasteiger partial charge in [-0.15, -0.1) is 0 Å². The van der Waals surface area contributed by atoms with E-state index < -0.39 is 0 Å². The molecular weight excluding hydrogens is 150 g/mol. The van der Waals surface area contributed by atoms with Gasteiger partial charge in [-0.2, -0.15) is 0 Å². The zero-order valence-electron chi connectivity index (χ0n) is 7.45. The fourth-order valence-electron chi connectivity index (χ4n) is 3.55. The van der Waals surface area contributed by atoms with Gasteiger partial charge in [0.15, 0.2) is 0 Å². The molecule has 4 saturated heterocycles. The van der Waals surface area contributed by atoms with E-state index in [4.69, 9.17) is 0 Å². The smallest absolute Gasteiger partial charge is 0.0570 e. The topological polar surface area (TPSA) is 23.5 Å². The first-order chi connectivity index (χ1) is 5.83. The Labute approximate surface area is 73.6 Å². The molecule has 12 heavy (non-hydrogen) atoms. The molecule has 4 aliphatic heterocycles. The van der Waals surface area contributed by atoms with Crippen LogP contribution in [0.2, 0.25) is 0 Å². The first kappa shape index (κ1) is 7.34. The van der Waals surface area contributed by atoms with Crippen molar-refractivity contribution in [3.05, 3.63) is 0 Å². The Morgan fingerprint density at radius 1 is 1.00 bits per heavy atom. The van der Waals surface area contributed by atoms with Gasteiger partial charge in [-0.25, -0.2) is 0 Å². The Bertz CT molecular complexity index is 174. The molecule has 0 amide bonds. The van der Waals surface area contributed by atoms with Gasteiger partial charge in [0.1, 0.15) is 0 Å². The second kappa shape index (κ2) is 2.46. The van der Waals surface area contributed by atoms with Gasteiger partial charge >= 0.3 is 0 Å². The number of rotatable bonds is 0. The zero-order chi connectivity index (χ0) is 8.13. The Morgan fingerprint density at radius 2 is 1.67 bits per heavy atom. The van der Waals surface area contributed by atoms with E-state index in [0.29, 0.717) is 0 Å². The normalized spacial score (nSPS) is 57.2. The molecule has 2 nitrogen and oxygen atoms in total. The summed E-state index contributed by atoms with van der Waals surface area (Å²) in [5, 5.41) is 9.62. The van der Waals surface area contributed by atoms with Crippen molar-refractivity contribution in [2.24, 2.45) is 5.92 Å². The maximum atomic E-state index is 9.62. The molecule has 1 N–H and O–H groups in total. The van der Waals surface area contributed by atoms with Crippen molar-refractivity contribution in [1.29, 1.82) is 0 Å². The van der Waals surface area contributed by atoms with Crippen LogP contribution in [0.1, 0.15) is 32.1 Å². The van der Waals surface area contributed by atoms with Crippen LogP contribution in [0, 0.1) is 5.92 Å². The minimum atomic E-state index is 0.00954. The molecule has 68 valence electrons. The molecule has 2 heteroatoms. The summed E-state index contributed by atoms with van der Waals surface area (Å²) in [6.45, 7) is 1.31. The van der Waals surface area contributed by atoms with E-state index in [1.165, 1.54) is 25.8 Å². The average Bonchev–Trinajstić information content (AvgIpc) is 2.03. The minimum Gasteiger partial charge on any atom is -0.393 e. The van der Waals surface area contributed by atoms with Crippen LogP contribution >= 0.6 is 0 Å². The lowest BCUT2D eigenvalue weighted by Crippen LogP contribution is -2.59. The van der Waals surface area contributed by atoms with Crippen molar-refractivity contribution in [2.75, 3.05) is 6.54 Å². The molecule has 2 unspecified atom stereocenters. The summed E-state index contributed by atoms with van der Waals surface area (Å²) in [7, 11) is 0. The van der Waals surface area contributed by atoms with Crippen LogP contribution in [0.25, 0.3) is 0 Å². The molecule has 0 aromatic rings. The molecule has 0 radical (unpaired) electrons. The number of piperidine rings is 4. The van der Waals surface area contributed by atoms with Gasteiger partial charge in [0, 0.05) is 12.1 Å². The lowest BCUT2D eigenvalue weighted by atomic mass is 9.72. The first-order valence-corrected chi connectivity index (χ1v) is 5.27. The molecular formula is C10H17NO. The summed E-state index contributed by atoms with van der Waals surface area (Å²) >= 11 is 0. The molecule has 0 saturated carbocycles.